The average molecular weight is 749 g/mol. The summed E-state index contributed by atoms with van der Waals surface area (Å²) in [6.45, 7) is 6.17. The molecule has 3 aromatic carbocycles. The molecule has 13 nitrogen and oxygen atoms in total. The highest BCUT2D eigenvalue weighted by atomic mass is 32.2. The molecule has 14 heteroatoms. The Bertz CT molecular complexity index is 1770. The van der Waals surface area contributed by atoms with E-state index in [9.17, 15) is 28.8 Å². The van der Waals surface area contributed by atoms with Crippen LogP contribution in [0.5, 0.6) is 0 Å². The summed E-state index contributed by atoms with van der Waals surface area (Å²) in [5, 5.41) is 5.45. The Balaban J connectivity index is 1.70. The topological polar surface area (TPSA) is 173 Å². The van der Waals surface area contributed by atoms with Crippen LogP contribution in [0.1, 0.15) is 45.2 Å². The molecular weight excluding hydrogens is 704 g/mol. The van der Waals surface area contributed by atoms with E-state index < -0.39 is 71.1 Å². The van der Waals surface area contributed by atoms with Gasteiger partial charge in [0.1, 0.15) is 12.2 Å². The first-order valence-electron chi connectivity index (χ1n) is 16.9. The number of hydrogen-bond acceptors (Lipinski definition) is 12. The second kappa shape index (κ2) is 18.5. The monoisotopic (exact) mass is 748 g/mol. The number of methoxy groups -OCH3 is 1. The molecule has 4 rings (SSSR count). The highest BCUT2D eigenvalue weighted by molar-refractivity contribution is 8.01. The summed E-state index contributed by atoms with van der Waals surface area (Å²) < 4.78 is 28.8. The molecule has 1 aliphatic rings. The zero-order valence-corrected chi connectivity index (χ0v) is 31.2. The van der Waals surface area contributed by atoms with Gasteiger partial charge in [-0.2, -0.15) is 0 Å². The van der Waals surface area contributed by atoms with Gasteiger partial charge < -0.3 is 34.3 Å². The first-order valence-corrected chi connectivity index (χ1v) is 17.7. The molecule has 1 fully saturated rings. The number of ether oxygens (including phenoxy) is 5. The third kappa shape index (κ3) is 11.4. The zero-order valence-electron chi connectivity index (χ0n) is 30.4. The van der Waals surface area contributed by atoms with E-state index in [1.165, 1.54) is 6.92 Å². The molecule has 0 unspecified atom stereocenters. The largest absolute Gasteiger partial charge is 0.466 e. The third-order valence-electron chi connectivity index (χ3n) is 8.27. The van der Waals surface area contributed by atoms with E-state index >= 15 is 0 Å². The number of amides is 2. The average Bonchev–Trinajstić information content (AvgIpc) is 3.11. The lowest BCUT2D eigenvalue weighted by Gasteiger charge is -2.48. The Hall–Kier alpha value is -5.21. The van der Waals surface area contributed by atoms with E-state index in [2.05, 4.69) is 10.6 Å². The molecule has 0 aromatic heterocycles. The van der Waals surface area contributed by atoms with Gasteiger partial charge in [-0.05, 0) is 35.7 Å². The van der Waals surface area contributed by atoms with Crippen LogP contribution in [0.4, 0.5) is 0 Å². The normalized spacial score (nSPS) is 20.5. The molecule has 0 bridgehead atoms. The molecule has 282 valence electrons. The number of aryl methyl sites for hydroxylation is 1. The van der Waals surface area contributed by atoms with Crippen LogP contribution in [-0.2, 0) is 58.9 Å². The lowest BCUT2D eigenvalue weighted by Crippen LogP contribution is -2.68. The standard InChI is InChI=1S/C39H44N2O11S/c1-23-12-18-31(19-13-23)53-39(38(47)48-6)21-32(49-25(3)43)35(41-24(2)42)37(52-39)36(51-27(5)45)33(50-26(4)44)22-40-34(46)20-28-14-16-30(17-15-28)29-10-8-7-9-11-29/h7-19,32-33,35-37H,20-22H2,1-6H3,(H,40,46)(H,41,42)/t32-,33+,35+,36+,37+,39-/m0/s1. The highest BCUT2D eigenvalue weighted by Gasteiger charge is 2.58. The van der Waals surface area contributed by atoms with Crippen LogP contribution in [0, 0.1) is 6.92 Å². The van der Waals surface area contributed by atoms with Crippen LogP contribution >= 0.6 is 11.8 Å². The SMILES string of the molecule is COC(=O)[C@@]1(Sc2ccc(C)cc2)C[C@H](OC(C)=O)[C@@H](NC(C)=O)[C@H]([C@H](OC(C)=O)[C@@H](CNC(=O)Cc2ccc(-c3ccccc3)cc2)OC(C)=O)O1. The van der Waals surface area contributed by atoms with E-state index in [0.717, 1.165) is 56.3 Å². The van der Waals surface area contributed by atoms with Crippen LogP contribution in [0.3, 0.4) is 0 Å². The Morgan fingerprint density at radius 1 is 0.830 bits per heavy atom. The Morgan fingerprint density at radius 2 is 1.45 bits per heavy atom. The minimum Gasteiger partial charge on any atom is -0.466 e. The number of hydrogen-bond donors (Lipinski definition) is 2. The Kier molecular flexibility index (Phi) is 14.2. The van der Waals surface area contributed by atoms with E-state index in [1.807, 2.05) is 73.7 Å². The van der Waals surface area contributed by atoms with Crippen molar-refractivity contribution in [3.63, 3.8) is 0 Å². The van der Waals surface area contributed by atoms with Gasteiger partial charge in [0.25, 0.3) is 0 Å². The van der Waals surface area contributed by atoms with Crippen LogP contribution < -0.4 is 10.6 Å². The molecule has 2 N–H and O–H groups in total. The van der Waals surface area contributed by atoms with Gasteiger partial charge in [-0.1, -0.05) is 84.1 Å². The van der Waals surface area contributed by atoms with Gasteiger partial charge in [0.05, 0.1) is 26.1 Å². The van der Waals surface area contributed by atoms with E-state index in [-0.39, 0.29) is 19.4 Å². The maximum atomic E-state index is 13.7. The molecule has 0 radical (unpaired) electrons. The highest BCUT2D eigenvalue weighted by Crippen LogP contribution is 2.46. The molecule has 1 saturated heterocycles. The fourth-order valence-electron chi connectivity index (χ4n) is 6.04. The smallest absolute Gasteiger partial charge is 0.349 e. The zero-order chi connectivity index (χ0) is 38.7. The Morgan fingerprint density at radius 3 is 2.02 bits per heavy atom. The minimum atomic E-state index is -1.92. The minimum absolute atomic E-state index is 0.0261. The van der Waals surface area contributed by atoms with Gasteiger partial charge in [0.15, 0.2) is 12.2 Å². The molecule has 6 atom stereocenters. The fraction of sp³-hybridized carbons (Fsp3) is 0.385. The van der Waals surface area contributed by atoms with Crippen molar-refractivity contribution in [3.8, 4) is 11.1 Å². The quantitative estimate of drug-likeness (QED) is 0.179. The van der Waals surface area contributed by atoms with Gasteiger partial charge in [0.2, 0.25) is 16.7 Å². The molecule has 0 spiro atoms. The van der Waals surface area contributed by atoms with Crippen LogP contribution in [0.25, 0.3) is 11.1 Å². The summed E-state index contributed by atoms with van der Waals surface area (Å²) in [7, 11) is 1.16. The lowest BCUT2D eigenvalue weighted by molar-refractivity contribution is -0.220. The summed E-state index contributed by atoms with van der Waals surface area (Å²) >= 11 is 0.971. The molecule has 0 saturated carbocycles. The second-order valence-corrected chi connectivity index (χ2v) is 13.9. The number of benzene rings is 3. The summed E-state index contributed by atoms with van der Waals surface area (Å²) in [5.74, 6) is -4.19. The molecule has 3 aromatic rings. The fourth-order valence-corrected chi connectivity index (χ4v) is 7.26. The molecule has 53 heavy (non-hydrogen) atoms. The molecule has 1 aliphatic heterocycles. The molecule has 1 heterocycles. The number of rotatable bonds is 14. The van der Waals surface area contributed by atoms with Crippen molar-refractivity contribution < 1.29 is 52.5 Å². The second-order valence-electron chi connectivity index (χ2n) is 12.6. The van der Waals surface area contributed by atoms with Crippen molar-refractivity contribution >= 4 is 47.5 Å². The number of carbonyl (C=O) groups is 6. The third-order valence-corrected chi connectivity index (χ3v) is 9.54. The van der Waals surface area contributed by atoms with Crippen LogP contribution in [-0.4, -0.2) is 84.7 Å². The maximum absolute atomic E-state index is 13.7. The van der Waals surface area contributed by atoms with Crippen molar-refractivity contribution in [3.05, 3.63) is 90.0 Å². The number of nitrogens with one attached hydrogen (secondary N) is 2. The predicted molar refractivity (Wildman–Crippen MR) is 194 cm³/mol. The number of thioether (sulfide) groups is 1. The van der Waals surface area contributed by atoms with Crippen molar-refractivity contribution in [2.75, 3.05) is 13.7 Å². The summed E-state index contributed by atoms with van der Waals surface area (Å²) in [4.78, 5) is 75.8. The Labute approximate surface area is 312 Å². The van der Waals surface area contributed by atoms with Gasteiger partial charge >= 0.3 is 23.9 Å². The van der Waals surface area contributed by atoms with Crippen molar-refractivity contribution in [1.29, 1.82) is 0 Å². The predicted octanol–water partition coefficient (Wildman–Crippen LogP) is 4.07. The van der Waals surface area contributed by atoms with Gasteiger partial charge in [-0.25, -0.2) is 4.79 Å². The van der Waals surface area contributed by atoms with Gasteiger partial charge in [0, 0.05) is 39.0 Å². The van der Waals surface area contributed by atoms with Crippen molar-refractivity contribution in [2.45, 2.75) is 87.7 Å². The van der Waals surface area contributed by atoms with Crippen molar-refractivity contribution in [1.82, 2.24) is 10.6 Å². The first kappa shape index (κ1) is 40.6. The molecule has 0 aliphatic carbocycles. The summed E-state index contributed by atoms with van der Waals surface area (Å²) in [5.41, 5.74) is 3.67. The lowest BCUT2D eigenvalue weighted by atomic mass is 9.89. The first-order chi connectivity index (χ1) is 25.2. The van der Waals surface area contributed by atoms with Crippen molar-refractivity contribution in [2.24, 2.45) is 0 Å². The maximum Gasteiger partial charge on any atom is 0.349 e. The van der Waals surface area contributed by atoms with E-state index in [4.69, 9.17) is 23.7 Å². The van der Waals surface area contributed by atoms with Crippen LogP contribution in [0.2, 0.25) is 0 Å². The molecular formula is C39H44N2O11S. The van der Waals surface area contributed by atoms with E-state index in [1.54, 1.807) is 12.1 Å². The van der Waals surface area contributed by atoms with E-state index in [0.29, 0.717) is 10.5 Å². The summed E-state index contributed by atoms with van der Waals surface area (Å²) in [6.07, 6.45) is -6.00. The van der Waals surface area contributed by atoms with Gasteiger partial charge in [-0.15, -0.1) is 0 Å². The van der Waals surface area contributed by atoms with Gasteiger partial charge in [-0.3, -0.25) is 24.0 Å². The molecule has 2 amide bonds. The summed E-state index contributed by atoms with van der Waals surface area (Å²) in [6, 6.07) is 23.2. The van der Waals surface area contributed by atoms with Crippen LogP contribution in [0.15, 0.2) is 83.8 Å². The number of esters is 4. The number of carbonyl (C=O) groups excluding carboxylic acids is 6.